The van der Waals surface area contributed by atoms with Crippen LogP contribution in [-0.4, -0.2) is 109 Å². The number of nitrogens with one attached hydrogen (secondary N) is 3. The number of ether oxygens (including phenoxy) is 1. The second-order valence-corrected chi connectivity index (χ2v) is 18.7. The Morgan fingerprint density at radius 2 is 1.72 bits per heavy atom. The molecule has 6 aliphatic rings. The number of carbonyl (C=O) groups is 2. The highest BCUT2D eigenvalue weighted by Gasteiger charge is 2.52. The largest absolute Gasteiger partial charge is 0.421 e. The van der Waals surface area contributed by atoms with Gasteiger partial charge in [0.05, 0.1) is 39.8 Å². The molecule has 1 saturated carbocycles. The molecule has 2 amide bonds. The van der Waals surface area contributed by atoms with E-state index in [0.29, 0.717) is 83.1 Å². The van der Waals surface area contributed by atoms with Crippen molar-refractivity contribution in [1.29, 1.82) is 0 Å². The van der Waals surface area contributed by atoms with E-state index in [9.17, 15) is 36.3 Å². The molecule has 1 aliphatic carbocycles. The molecule has 2 atom stereocenters. The van der Waals surface area contributed by atoms with E-state index < -0.39 is 67.8 Å². The van der Waals surface area contributed by atoms with Crippen molar-refractivity contribution in [3.05, 3.63) is 65.4 Å². The lowest BCUT2D eigenvalue weighted by molar-refractivity contribution is -0.166. The molecule has 6 fully saturated rings. The van der Waals surface area contributed by atoms with Gasteiger partial charge in [0.25, 0.3) is 0 Å². The molecule has 9 rings (SSSR count). The van der Waals surface area contributed by atoms with E-state index in [4.69, 9.17) is 4.74 Å². The van der Waals surface area contributed by atoms with Crippen molar-refractivity contribution >= 4 is 45.0 Å². The highest BCUT2D eigenvalue weighted by Crippen LogP contribution is 2.45. The smallest absolute Gasteiger partial charge is 0.388 e. The number of benzene rings is 2. The third-order valence-corrected chi connectivity index (χ3v) is 14.1. The first-order chi connectivity index (χ1) is 28.3. The van der Waals surface area contributed by atoms with Crippen molar-refractivity contribution in [1.82, 2.24) is 24.9 Å². The van der Waals surface area contributed by atoms with Crippen LogP contribution in [0.25, 0.3) is 0 Å². The summed E-state index contributed by atoms with van der Waals surface area (Å²) >= 11 is 0. The van der Waals surface area contributed by atoms with Crippen molar-refractivity contribution in [2.24, 2.45) is 0 Å². The summed E-state index contributed by atoms with van der Waals surface area (Å²) in [6.07, 6.45) is -0.692. The van der Waals surface area contributed by atoms with Crippen LogP contribution in [0.4, 0.5) is 45.1 Å². The summed E-state index contributed by atoms with van der Waals surface area (Å²) in [4.78, 5) is 37.0. The van der Waals surface area contributed by atoms with Gasteiger partial charge in [-0.15, -0.1) is 0 Å². The fraction of sp³-hybridized carbons (Fsp3) is 0.550. The number of imide groups is 1. The number of piperidine rings is 2. The average molecular weight is 863 g/mol. The number of fused-ring (bicyclic) bond motifs is 3. The SMILES string of the molecule is C[C@]1(O)CCCN(c2nc(Nc3ccc(S(=O)(=O)NC45CCC(CN6CCN(c7ccc(C8CCC(=O)NC8=O)c(F)c7)CC6)(CC4)OC5)cc3F)ncc2C(F)(F)F)C1. The maximum absolute atomic E-state index is 15.5. The van der Waals surface area contributed by atoms with Crippen LogP contribution in [0.15, 0.2) is 47.5 Å². The molecule has 60 heavy (non-hydrogen) atoms. The zero-order chi connectivity index (χ0) is 42.7. The van der Waals surface area contributed by atoms with Gasteiger partial charge in [0.2, 0.25) is 27.8 Å². The van der Waals surface area contributed by atoms with Crippen molar-refractivity contribution in [3.63, 3.8) is 0 Å². The third kappa shape index (κ3) is 8.79. The molecule has 0 radical (unpaired) electrons. The van der Waals surface area contributed by atoms with Crippen LogP contribution in [0.3, 0.4) is 0 Å². The summed E-state index contributed by atoms with van der Waals surface area (Å²) in [5.41, 5.74) is -2.94. The van der Waals surface area contributed by atoms with Crippen LogP contribution in [-0.2, 0) is 30.5 Å². The van der Waals surface area contributed by atoms with Gasteiger partial charge < -0.3 is 25.0 Å². The number of piperazine rings is 1. The first-order valence-electron chi connectivity index (χ1n) is 20.1. The number of alkyl halides is 3. The van der Waals surface area contributed by atoms with Gasteiger partial charge in [-0.2, -0.15) is 18.2 Å². The predicted molar refractivity (Wildman–Crippen MR) is 209 cm³/mol. The molecule has 4 N–H and O–H groups in total. The predicted octanol–water partition coefficient (Wildman–Crippen LogP) is 4.57. The molecule has 3 aromatic rings. The molecule has 5 aliphatic heterocycles. The minimum atomic E-state index is -4.78. The zero-order valence-corrected chi connectivity index (χ0v) is 33.8. The maximum Gasteiger partial charge on any atom is 0.421 e. The first-order valence-corrected chi connectivity index (χ1v) is 21.6. The summed E-state index contributed by atoms with van der Waals surface area (Å²) in [7, 11) is -4.23. The Kier molecular flexibility index (Phi) is 11.1. The topological polar surface area (TPSA) is 169 Å². The highest BCUT2D eigenvalue weighted by atomic mass is 32.2. The Hall–Kier alpha value is -4.50. The number of halogens is 5. The van der Waals surface area contributed by atoms with Crippen LogP contribution in [0.5, 0.6) is 0 Å². The van der Waals surface area contributed by atoms with Gasteiger partial charge >= 0.3 is 6.18 Å². The van der Waals surface area contributed by atoms with Crippen molar-refractivity contribution in [2.45, 2.75) is 92.0 Å². The van der Waals surface area contributed by atoms with Crippen molar-refractivity contribution in [3.8, 4) is 0 Å². The van der Waals surface area contributed by atoms with Gasteiger partial charge in [-0.3, -0.25) is 19.8 Å². The Bertz CT molecular complexity index is 2250. The number of nitrogens with zero attached hydrogens (tertiary/aromatic N) is 5. The second-order valence-electron chi connectivity index (χ2n) is 17.0. The number of aliphatic hydroxyl groups is 1. The van der Waals surface area contributed by atoms with E-state index in [1.54, 1.807) is 12.1 Å². The summed E-state index contributed by atoms with van der Waals surface area (Å²) in [5.74, 6) is -3.80. The molecule has 6 heterocycles. The van der Waals surface area contributed by atoms with Crippen LogP contribution in [0.2, 0.25) is 0 Å². The fourth-order valence-electron chi connectivity index (χ4n) is 9.16. The third-order valence-electron chi connectivity index (χ3n) is 12.5. The molecule has 1 unspecified atom stereocenters. The van der Waals surface area contributed by atoms with Crippen LogP contribution in [0, 0.1) is 11.6 Å². The van der Waals surface area contributed by atoms with E-state index in [0.717, 1.165) is 12.1 Å². The fourth-order valence-corrected chi connectivity index (χ4v) is 10.6. The van der Waals surface area contributed by atoms with Gasteiger partial charge in [0, 0.05) is 69.7 Å². The van der Waals surface area contributed by atoms with E-state index in [2.05, 4.69) is 35.1 Å². The molecule has 14 nitrogen and oxygen atoms in total. The molecule has 324 valence electrons. The standard InChI is InChI=1S/C40H47F5N8O6S/c1-37(56)9-2-14-53(22-37)34-29(40(43,44)45)21-46-36(49-34)47-32-7-4-26(20-31(32)42)60(57,58)50-38-10-12-39(13-11-38,59-24-38)23-51-15-17-52(18-16-51)25-3-5-27(30(41)19-25)28-6-8-33(54)48-35(28)55/h3-5,7,19-21,28,50,56H,2,6,8-18,22-24H2,1H3,(H,46,47,49)(H,48,54,55)/t28?,37-,38?,39?/m0/s1. The van der Waals surface area contributed by atoms with Gasteiger partial charge in [-0.05, 0) is 82.2 Å². The summed E-state index contributed by atoms with van der Waals surface area (Å²) in [6, 6.07) is 8.04. The first kappa shape index (κ1) is 42.2. The summed E-state index contributed by atoms with van der Waals surface area (Å²) in [6.45, 7) is 5.11. The van der Waals surface area contributed by atoms with Gasteiger partial charge in [-0.1, -0.05) is 6.07 Å². The van der Waals surface area contributed by atoms with Crippen LogP contribution >= 0.6 is 0 Å². The van der Waals surface area contributed by atoms with E-state index >= 15 is 8.78 Å². The number of β-amino-alcohol motifs (C(OH)–C–C–N with tert-alkyl or cyclic N) is 1. The zero-order valence-electron chi connectivity index (χ0n) is 33.0. The lowest BCUT2D eigenvalue weighted by Crippen LogP contribution is -2.65. The number of aromatic nitrogens is 2. The number of hydrogen-bond acceptors (Lipinski definition) is 12. The molecule has 2 bridgehead atoms. The molecular weight excluding hydrogens is 816 g/mol. The normalized spacial score (nSPS) is 27.9. The van der Waals surface area contributed by atoms with Crippen molar-refractivity contribution < 1.29 is 49.8 Å². The molecule has 20 heteroatoms. The molecule has 0 spiro atoms. The highest BCUT2D eigenvalue weighted by molar-refractivity contribution is 7.89. The van der Waals surface area contributed by atoms with Crippen molar-refractivity contribution in [2.75, 3.05) is 67.5 Å². The van der Waals surface area contributed by atoms with Crippen LogP contribution < -0.4 is 25.2 Å². The number of sulfonamides is 1. The Labute approximate surface area is 343 Å². The number of anilines is 4. The lowest BCUT2D eigenvalue weighted by Gasteiger charge is -2.54. The molecular formula is C40H47F5N8O6S. The van der Waals surface area contributed by atoms with Gasteiger partial charge in [-0.25, -0.2) is 26.9 Å². The summed E-state index contributed by atoms with van der Waals surface area (Å²) in [5, 5.41) is 15.4. The monoisotopic (exact) mass is 862 g/mol. The Morgan fingerprint density at radius 3 is 2.35 bits per heavy atom. The molecule has 5 saturated heterocycles. The number of hydrogen-bond donors (Lipinski definition) is 4. The van der Waals surface area contributed by atoms with E-state index in [-0.39, 0.29) is 60.5 Å². The second kappa shape index (κ2) is 15.8. The number of rotatable bonds is 10. The quantitative estimate of drug-likeness (QED) is 0.166. The Morgan fingerprint density at radius 1 is 0.967 bits per heavy atom. The summed E-state index contributed by atoms with van der Waals surface area (Å²) < 4.78 is 109. The lowest BCUT2D eigenvalue weighted by atomic mass is 9.71. The minimum Gasteiger partial charge on any atom is -0.388 e. The van der Waals surface area contributed by atoms with E-state index in [1.807, 2.05) is 0 Å². The van der Waals surface area contributed by atoms with Gasteiger partial charge in [0.15, 0.2) is 0 Å². The number of carbonyl (C=O) groups excluding carboxylic acids is 2. The number of amides is 2. The van der Waals surface area contributed by atoms with E-state index in [1.165, 1.54) is 24.0 Å². The van der Waals surface area contributed by atoms with Gasteiger partial charge in [0.1, 0.15) is 23.0 Å². The maximum atomic E-state index is 15.5. The minimum absolute atomic E-state index is 0.0929. The average Bonchev–Trinajstić information content (AvgIpc) is 3.19. The Balaban J connectivity index is 0.856. The van der Waals surface area contributed by atoms with Crippen LogP contribution in [0.1, 0.15) is 75.3 Å². The molecule has 2 aromatic carbocycles. The molecule has 1 aromatic heterocycles.